The summed E-state index contributed by atoms with van der Waals surface area (Å²) in [5.74, 6) is 0.143. The third kappa shape index (κ3) is 4.75. The monoisotopic (exact) mass is 357 g/mol. The van der Waals surface area contributed by atoms with Crippen molar-refractivity contribution < 1.29 is 14.1 Å². The number of aromatic nitrogens is 3. The molecule has 8 nitrogen and oxygen atoms in total. The summed E-state index contributed by atoms with van der Waals surface area (Å²) in [6, 6.07) is 3.14. The van der Waals surface area contributed by atoms with Gasteiger partial charge in [-0.3, -0.25) is 14.6 Å². The smallest absolute Gasteiger partial charge is 0.249 e. The molecule has 2 heterocycles. The summed E-state index contributed by atoms with van der Waals surface area (Å²) in [4.78, 5) is 33.9. The third-order valence-electron chi connectivity index (χ3n) is 3.81. The Balaban J connectivity index is 2.12. The van der Waals surface area contributed by atoms with Crippen LogP contribution in [0, 0.1) is 5.92 Å². The van der Waals surface area contributed by atoms with Gasteiger partial charge in [-0.25, -0.2) is 0 Å². The summed E-state index contributed by atoms with van der Waals surface area (Å²) < 4.78 is 5.34. The van der Waals surface area contributed by atoms with Gasteiger partial charge in [-0.15, -0.1) is 0 Å². The van der Waals surface area contributed by atoms with Gasteiger partial charge in [0.1, 0.15) is 6.04 Å². The molecule has 2 aromatic rings. The maximum atomic E-state index is 12.4. The van der Waals surface area contributed by atoms with E-state index in [1.165, 1.54) is 11.0 Å². The van der Waals surface area contributed by atoms with Crippen molar-refractivity contribution >= 4 is 11.8 Å². The summed E-state index contributed by atoms with van der Waals surface area (Å²) in [6.45, 7) is 9.47. The van der Waals surface area contributed by atoms with E-state index in [9.17, 15) is 9.59 Å². The van der Waals surface area contributed by atoms with E-state index in [2.05, 4.69) is 27.0 Å². The fourth-order valence-electron chi connectivity index (χ4n) is 2.35. The van der Waals surface area contributed by atoms with Crippen LogP contribution in [0.4, 0.5) is 0 Å². The van der Waals surface area contributed by atoms with E-state index in [1.54, 1.807) is 25.4 Å². The lowest BCUT2D eigenvalue weighted by Gasteiger charge is -2.22. The van der Waals surface area contributed by atoms with Crippen LogP contribution in [0.15, 0.2) is 41.7 Å². The second-order valence-corrected chi connectivity index (χ2v) is 6.04. The normalized spacial score (nSPS) is 11.8. The second-order valence-electron chi connectivity index (χ2n) is 6.04. The van der Waals surface area contributed by atoms with E-state index in [4.69, 9.17) is 4.52 Å². The third-order valence-corrected chi connectivity index (χ3v) is 3.81. The number of rotatable bonds is 8. The van der Waals surface area contributed by atoms with E-state index >= 15 is 0 Å². The Morgan fingerprint density at radius 2 is 2.19 bits per heavy atom. The molecule has 0 fully saturated rings. The Morgan fingerprint density at radius 1 is 1.42 bits per heavy atom. The highest BCUT2D eigenvalue weighted by Gasteiger charge is 2.26. The van der Waals surface area contributed by atoms with Crippen LogP contribution < -0.4 is 5.32 Å². The lowest BCUT2D eigenvalue weighted by molar-refractivity contribution is -0.132. The minimum absolute atomic E-state index is 0.0198. The molecular weight excluding hydrogens is 334 g/mol. The van der Waals surface area contributed by atoms with Gasteiger partial charge in [-0.1, -0.05) is 25.6 Å². The van der Waals surface area contributed by atoms with Crippen LogP contribution in [0.3, 0.4) is 0 Å². The van der Waals surface area contributed by atoms with Gasteiger partial charge in [-0.05, 0) is 31.1 Å². The molecule has 0 aliphatic heterocycles. The number of nitrogens with zero attached hydrogens (tertiary/aromatic N) is 4. The average Bonchev–Trinajstić information content (AvgIpc) is 3.13. The SMILES string of the molecule is C=CC(=O)N(CC)CC(=O)NC(c1nc(-c2cccnc2)no1)C(C)C. The van der Waals surface area contributed by atoms with Crippen LogP contribution in [0.25, 0.3) is 11.4 Å². The molecule has 2 aromatic heterocycles. The van der Waals surface area contributed by atoms with Crippen LogP contribution in [-0.2, 0) is 9.59 Å². The van der Waals surface area contributed by atoms with Gasteiger partial charge in [0.2, 0.25) is 23.5 Å². The number of hydrogen-bond donors (Lipinski definition) is 1. The maximum absolute atomic E-state index is 12.4. The molecule has 0 saturated heterocycles. The Labute approximate surface area is 152 Å². The topological polar surface area (TPSA) is 101 Å². The molecule has 138 valence electrons. The van der Waals surface area contributed by atoms with Crippen molar-refractivity contribution in [2.75, 3.05) is 13.1 Å². The van der Waals surface area contributed by atoms with Crippen molar-refractivity contribution in [1.29, 1.82) is 0 Å². The summed E-state index contributed by atoms with van der Waals surface area (Å²) in [5.41, 5.74) is 0.727. The Bertz CT molecular complexity index is 757. The molecule has 2 rings (SSSR count). The number of likely N-dealkylation sites (N-methyl/N-ethyl adjacent to an activating group) is 1. The molecule has 0 saturated carbocycles. The largest absolute Gasteiger partial charge is 0.342 e. The standard InChI is InChI=1S/C18H23N5O3/c1-5-15(25)23(6-2)11-14(24)20-16(12(3)4)18-21-17(22-26-18)13-8-7-9-19-10-13/h5,7-10,12,16H,1,6,11H2,2-4H3,(H,20,24). The molecule has 26 heavy (non-hydrogen) atoms. The van der Waals surface area contributed by atoms with Gasteiger partial charge < -0.3 is 14.7 Å². The van der Waals surface area contributed by atoms with Crippen molar-refractivity contribution in [2.45, 2.75) is 26.8 Å². The van der Waals surface area contributed by atoms with Crippen molar-refractivity contribution in [2.24, 2.45) is 5.92 Å². The van der Waals surface area contributed by atoms with Gasteiger partial charge in [0.05, 0.1) is 6.54 Å². The van der Waals surface area contributed by atoms with Crippen LogP contribution >= 0.6 is 0 Å². The number of pyridine rings is 1. The highest BCUT2D eigenvalue weighted by molar-refractivity contribution is 5.90. The van der Waals surface area contributed by atoms with Crippen molar-refractivity contribution in [3.8, 4) is 11.4 Å². The Morgan fingerprint density at radius 3 is 2.77 bits per heavy atom. The van der Waals surface area contributed by atoms with E-state index in [-0.39, 0.29) is 24.3 Å². The molecule has 0 aliphatic rings. The van der Waals surface area contributed by atoms with Crippen LogP contribution in [0.1, 0.15) is 32.7 Å². The number of carbonyl (C=O) groups excluding carboxylic acids is 2. The molecule has 2 amide bonds. The molecule has 1 atom stereocenters. The minimum atomic E-state index is -0.460. The average molecular weight is 357 g/mol. The fourth-order valence-corrected chi connectivity index (χ4v) is 2.35. The fraction of sp³-hybridized carbons (Fsp3) is 0.389. The van der Waals surface area contributed by atoms with Crippen molar-refractivity contribution in [3.63, 3.8) is 0 Å². The lowest BCUT2D eigenvalue weighted by atomic mass is 10.0. The second kappa shape index (κ2) is 8.89. The van der Waals surface area contributed by atoms with E-state index in [0.29, 0.717) is 18.3 Å². The molecule has 0 radical (unpaired) electrons. The molecule has 0 aliphatic carbocycles. The summed E-state index contributed by atoms with van der Waals surface area (Å²) in [5, 5.41) is 6.82. The molecule has 0 spiro atoms. The zero-order valence-corrected chi connectivity index (χ0v) is 15.2. The van der Waals surface area contributed by atoms with Crippen LogP contribution in [0.5, 0.6) is 0 Å². The van der Waals surface area contributed by atoms with E-state index in [1.807, 2.05) is 19.9 Å². The number of hydrogen-bond acceptors (Lipinski definition) is 6. The van der Waals surface area contributed by atoms with E-state index < -0.39 is 6.04 Å². The molecule has 0 aromatic carbocycles. The quantitative estimate of drug-likeness (QED) is 0.725. The predicted molar refractivity (Wildman–Crippen MR) is 95.7 cm³/mol. The number of nitrogens with one attached hydrogen (secondary N) is 1. The molecule has 0 bridgehead atoms. The van der Waals surface area contributed by atoms with Crippen molar-refractivity contribution in [1.82, 2.24) is 25.3 Å². The summed E-state index contributed by atoms with van der Waals surface area (Å²) in [6.07, 6.45) is 4.48. The highest BCUT2D eigenvalue weighted by atomic mass is 16.5. The number of amides is 2. The Hall–Kier alpha value is -3.03. The first-order valence-corrected chi connectivity index (χ1v) is 8.41. The first kappa shape index (κ1) is 19.3. The molecule has 8 heteroatoms. The van der Waals surface area contributed by atoms with Gasteiger partial charge in [0.25, 0.3) is 0 Å². The lowest BCUT2D eigenvalue weighted by Crippen LogP contribution is -2.42. The molecule has 1 N–H and O–H groups in total. The van der Waals surface area contributed by atoms with Gasteiger partial charge in [-0.2, -0.15) is 4.98 Å². The zero-order valence-electron chi connectivity index (χ0n) is 15.2. The van der Waals surface area contributed by atoms with Crippen LogP contribution in [-0.4, -0.2) is 44.9 Å². The first-order chi connectivity index (χ1) is 12.5. The summed E-state index contributed by atoms with van der Waals surface area (Å²) in [7, 11) is 0. The highest BCUT2D eigenvalue weighted by Crippen LogP contribution is 2.23. The van der Waals surface area contributed by atoms with Gasteiger partial charge >= 0.3 is 0 Å². The first-order valence-electron chi connectivity index (χ1n) is 8.41. The van der Waals surface area contributed by atoms with E-state index in [0.717, 1.165) is 5.56 Å². The predicted octanol–water partition coefficient (Wildman–Crippen LogP) is 1.98. The number of carbonyl (C=O) groups is 2. The maximum Gasteiger partial charge on any atom is 0.249 e. The minimum Gasteiger partial charge on any atom is -0.342 e. The van der Waals surface area contributed by atoms with Gasteiger partial charge in [0.15, 0.2) is 0 Å². The summed E-state index contributed by atoms with van der Waals surface area (Å²) >= 11 is 0. The Kier molecular flexibility index (Phi) is 6.60. The molecule has 1 unspecified atom stereocenters. The van der Waals surface area contributed by atoms with Crippen LogP contribution in [0.2, 0.25) is 0 Å². The van der Waals surface area contributed by atoms with Crippen molar-refractivity contribution in [3.05, 3.63) is 43.1 Å². The zero-order chi connectivity index (χ0) is 19.1. The molecular formula is C18H23N5O3. The van der Waals surface area contributed by atoms with Gasteiger partial charge in [0, 0.05) is 24.5 Å².